The lowest BCUT2D eigenvalue weighted by atomic mass is 10.2. The third-order valence-electron chi connectivity index (χ3n) is 2.92. The molecule has 0 bridgehead atoms. The van der Waals surface area contributed by atoms with Gasteiger partial charge in [0, 0.05) is 14.1 Å². The van der Waals surface area contributed by atoms with Gasteiger partial charge in [0.1, 0.15) is 11.2 Å². The van der Waals surface area contributed by atoms with Crippen LogP contribution in [0.15, 0.2) is 4.99 Å². The average molecular weight is 371 g/mol. The lowest BCUT2D eigenvalue weighted by Crippen LogP contribution is -2.60. The number of carbonyl (C=O) groups excluding carboxylic acids is 3. The first-order valence-corrected chi connectivity index (χ1v) is 8.21. The van der Waals surface area contributed by atoms with Crippen LogP contribution in [-0.4, -0.2) is 77.5 Å². The fourth-order valence-corrected chi connectivity index (χ4v) is 2.05. The molecule has 1 N–H and O–H groups in total. The molecular weight excluding hydrogens is 342 g/mol. The monoisotopic (exact) mass is 371 g/mol. The normalized spacial score (nSPS) is 16.5. The predicted molar refractivity (Wildman–Crippen MR) is 95.5 cm³/mol. The Kier molecular flexibility index (Phi) is 6.45. The van der Waals surface area contributed by atoms with Gasteiger partial charge in [-0.05, 0) is 41.5 Å². The van der Waals surface area contributed by atoms with E-state index < -0.39 is 23.4 Å². The van der Waals surface area contributed by atoms with Crippen molar-refractivity contribution in [1.82, 2.24) is 20.0 Å². The Morgan fingerprint density at radius 3 is 1.85 bits per heavy atom. The average Bonchev–Trinajstić information content (AvgIpc) is 2.39. The fourth-order valence-electron chi connectivity index (χ4n) is 2.05. The first kappa shape index (κ1) is 21.5. The Hall–Kier alpha value is -2.52. The van der Waals surface area contributed by atoms with E-state index in [1.54, 1.807) is 60.5 Å². The fraction of sp³-hybridized carbons (Fsp3) is 0.750. The summed E-state index contributed by atoms with van der Waals surface area (Å²) < 4.78 is 10.4. The van der Waals surface area contributed by atoms with E-state index in [1.165, 1.54) is 9.80 Å². The molecule has 1 fully saturated rings. The van der Waals surface area contributed by atoms with Crippen molar-refractivity contribution in [2.45, 2.75) is 52.7 Å². The minimum atomic E-state index is -0.856. The molecule has 0 atom stereocenters. The first-order chi connectivity index (χ1) is 11.7. The Morgan fingerprint density at radius 2 is 1.42 bits per heavy atom. The topological polar surface area (TPSA) is 104 Å². The summed E-state index contributed by atoms with van der Waals surface area (Å²) in [4.78, 5) is 44.3. The van der Waals surface area contributed by atoms with Gasteiger partial charge >= 0.3 is 18.2 Å². The van der Waals surface area contributed by atoms with E-state index in [0.29, 0.717) is 0 Å². The summed E-state index contributed by atoms with van der Waals surface area (Å²) in [5.41, 5.74) is -1.45. The summed E-state index contributed by atoms with van der Waals surface area (Å²) in [6, 6.07) is -0.185. The van der Waals surface area contributed by atoms with Crippen molar-refractivity contribution in [3.8, 4) is 0 Å². The Morgan fingerprint density at radius 1 is 0.962 bits per heavy atom. The molecule has 1 aliphatic rings. The van der Waals surface area contributed by atoms with Crippen LogP contribution < -0.4 is 5.32 Å². The largest absolute Gasteiger partial charge is 0.444 e. The molecule has 4 amide bonds. The molecule has 148 valence electrons. The lowest BCUT2D eigenvalue weighted by Gasteiger charge is -2.39. The van der Waals surface area contributed by atoms with E-state index >= 15 is 0 Å². The van der Waals surface area contributed by atoms with Crippen LogP contribution in [0.5, 0.6) is 0 Å². The van der Waals surface area contributed by atoms with Crippen LogP contribution in [0.1, 0.15) is 41.5 Å². The summed E-state index contributed by atoms with van der Waals surface area (Å²) in [5.74, 6) is -0.0558. The number of nitrogens with one attached hydrogen (secondary N) is 1. The predicted octanol–water partition coefficient (Wildman–Crippen LogP) is 2.02. The maximum absolute atomic E-state index is 12.1. The van der Waals surface area contributed by atoms with Crippen LogP contribution in [0.4, 0.5) is 14.4 Å². The lowest BCUT2D eigenvalue weighted by molar-refractivity contribution is 0.0535. The van der Waals surface area contributed by atoms with Gasteiger partial charge < -0.3 is 24.2 Å². The Balaban J connectivity index is 3.03. The van der Waals surface area contributed by atoms with Gasteiger partial charge in [-0.1, -0.05) is 0 Å². The zero-order chi connectivity index (χ0) is 20.3. The highest BCUT2D eigenvalue weighted by atomic mass is 16.6. The summed E-state index contributed by atoms with van der Waals surface area (Å²) in [5, 5.41) is 2.47. The molecule has 1 aliphatic heterocycles. The molecule has 1 saturated heterocycles. The molecule has 0 aromatic rings. The summed E-state index contributed by atoms with van der Waals surface area (Å²) >= 11 is 0. The molecule has 1 heterocycles. The van der Waals surface area contributed by atoms with Crippen LogP contribution in [0.2, 0.25) is 0 Å². The third kappa shape index (κ3) is 7.16. The summed E-state index contributed by atoms with van der Waals surface area (Å²) in [7, 11) is 3.20. The van der Waals surface area contributed by atoms with E-state index in [9.17, 15) is 14.4 Å². The SMILES string of the molecule is CN1CN(C(=NC(=O)OC(C)(C)C)NC(=O)OC(C)(C)C)CN(C)C1=O. The maximum Gasteiger partial charge on any atom is 0.437 e. The highest BCUT2D eigenvalue weighted by molar-refractivity contribution is 5.99. The number of urea groups is 1. The van der Waals surface area contributed by atoms with E-state index in [1.807, 2.05) is 0 Å². The van der Waals surface area contributed by atoms with Crippen molar-refractivity contribution in [3.05, 3.63) is 0 Å². The summed E-state index contributed by atoms with van der Waals surface area (Å²) in [6.07, 6.45) is -1.62. The maximum atomic E-state index is 12.1. The number of hydrogen-bond acceptors (Lipinski definition) is 5. The molecular formula is C16H29N5O5. The molecule has 10 nitrogen and oxygen atoms in total. The highest BCUT2D eigenvalue weighted by Gasteiger charge is 2.30. The third-order valence-corrected chi connectivity index (χ3v) is 2.92. The van der Waals surface area contributed by atoms with E-state index in [0.717, 1.165) is 0 Å². The van der Waals surface area contributed by atoms with Gasteiger partial charge in [0.2, 0.25) is 5.96 Å². The molecule has 0 aromatic heterocycles. The van der Waals surface area contributed by atoms with Gasteiger partial charge in [-0.15, -0.1) is 4.99 Å². The molecule has 0 unspecified atom stereocenters. The number of hydrogen-bond donors (Lipinski definition) is 1. The van der Waals surface area contributed by atoms with Crippen LogP contribution in [0, 0.1) is 0 Å². The quantitative estimate of drug-likeness (QED) is 0.516. The van der Waals surface area contributed by atoms with E-state index in [-0.39, 0.29) is 25.3 Å². The molecule has 0 spiro atoms. The van der Waals surface area contributed by atoms with Gasteiger partial charge in [-0.25, -0.2) is 14.4 Å². The van der Waals surface area contributed by atoms with Gasteiger partial charge in [0.15, 0.2) is 0 Å². The number of alkyl carbamates (subject to hydrolysis) is 1. The van der Waals surface area contributed by atoms with Gasteiger partial charge in [0.05, 0.1) is 13.3 Å². The van der Waals surface area contributed by atoms with Crippen molar-refractivity contribution in [3.63, 3.8) is 0 Å². The number of ether oxygens (including phenoxy) is 2. The van der Waals surface area contributed by atoms with Crippen LogP contribution in [0.25, 0.3) is 0 Å². The van der Waals surface area contributed by atoms with Crippen molar-refractivity contribution in [2.24, 2.45) is 4.99 Å². The van der Waals surface area contributed by atoms with E-state index in [4.69, 9.17) is 9.47 Å². The molecule has 10 heteroatoms. The first-order valence-electron chi connectivity index (χ1n) is 8.21. The van der Waals surface area contributed by atoms with Gasteiger partial charge in [-0.3, -0.25) is 5.32 Å². The van der Waals surface area contributed by atoms with E-state index in [2.05, 4.69) is 10.3 Å². The second-order valence-corrected chi connectivity index (χ2v) is 8.04. The number of carbonyl (C=O) groups is 3. The minimum absolute atomic E-state index is 0.0558. The molecule has 0 radical (unpaired) electrons. The van der Waals surface area contributed by atoms with Crippen molar-refractivity contribution in [1.29, 1.82) is 0 Å². The zero-order valence-electron chi connectivity index (χ0n) is 16.7. The molecule has 26 heavy (non-hydrogen) atoms. The van der Waals surface area contributed by atoms with Crippen LogP contribution in [-0.2, 0) is 9.47 Å². The number of rotatable bonds is 0. The smallest absolute Gasteiger partial charge is 0.437 e. The standard InChI is InChI=1S/C16H29N5O5/c1-15(2,3)25-12(22)17-11(18-13(23)26-16(4,5)6)21-9-19(7)14(24)20(8)10-21/h9-10H2,1-8H3,(H,17,18,22,23). The number of aliphatic imine (C=N–C) groups is 1. The van der Waals surface area contributed by atoms with Crippen molar-refractivity contribution >= 4 is 24.2 Å². The second-order valence-electron chi connectivity index (χ2n) is 8.04. The molecule has 0 aromatic carbocycles. The minimum Gasteiger partial charge on any atom is -0.444 e. The van der Waals surface area contributed by atoms with Crippen LogP contribution in [0.3, 0.4) is 0 Å². The number of guanidine groups is 1. The second kappa shape index (κ2) is 7.79. The molecule has 0 aliphatic carbocycles. The summed E-state index contributed by atoms with van der Waals surface area (Å²) in [6.45, 7) is 10.6. The Bertz CT molecular complexity index is 577. The van der Waals surface area contributed by atoms with Crippen LogP contribution >= 0.6 is 0 Å². The van der Waals surface area contributed by atoms with Crippen molar-refractivity contribution in [2.75, 3.05) is 27.4 Å². The van der Waals surface area contributed by atoms with Gasteiger partial charge in [0.25, 0.3) is 0 Å². The number of amides is 4. The molecule has 1 rings (SSSR count). The number of nitrogens with zero attached hydrogens (tertiary/aromatic N) is 4. The molecule has 0 saturated carbocycles. The highest BCUT2D eigenvalue weighted by Crippen LogP contribution is 2.11. The van der Waals surface area contributed by atoms with Gasteiger partial charge in [-0.2, -0.15) is 0 Å². The van der Waals surface area contributed by atoms with Crippen molar-refractivity contribution < 1.29 is 23.9 Å². The zero-order valence-corrected chi connectivity index (χ0v) is 16.7. The Labute approximate surface area is 154 Å².